The van der Waals surface area contributed by atoms with Crippen LogP contribution in [0, 0.1) is 0 Å². The van der Waals surface area contributed by atoms with Gasteiger partial charge in [0.2, 0.25) is 11.9 Å². The minimum atomic E-state index is -0.255. The van der Waals surface area contributed by atoms with Crippen LogP contribution >= 0.6 is 11.6 Å². The molecular weight excluding hydrogens is 282 g/mol. The lowest BCUT2D eigenvalue weighted by atomic mass is 10.3. The lowest BCUT2D eigenvalue weighted by molar-refractivity contribution is -0.116. The summed E-state index contributed by atoms with van der Waals surface area (Å²) in [4.78, 5) is 15.5. The number of nitrogen functional groups attached to an aromatic ring is 1. The van der Waals surface area contributed by atoms with Crippen LogP contribution in [0.1, 0.15) is 6.92 Å². The molecule has 0 atom stereocenters. The Labute approximate surface area is 120 Å². The number of carbonyl (C=O) groups is 1. The maximum Gasteiger partial charge on any atom is 0.246 e. The first kappa shape index (κ1) is 14.1. The van der Waals surface area contributed by atoms with Crippen molar-refractivity contribution in [2.45, 2.75) is 13.5 Å². The molecule has 1 aromatic heterocycles. The molecule has 8 heteroatoms. The van der Waals surface area contributed by atoms with Crippen molar-refractivity contribution in [2.24, 2.45) is 0 Å². The molecule has 3 N–H and O–H groups in total. The molecule has 0 saturated carbocycles. The molecule has 0 bridgehead atoms. The van der Waals surface area contributed by atoms with Gasteiger partial charge in [-0.1, -0.05) is 11.6 Å². The van der Waals surface area contributed by atoms with Crippen LogP contribution in [0.15, 0.2) is 24.5 Å². The summed E-state index contributed by atoms with van der Waals surface area (Å²) in [7, 11) is 0. The first-order valence-corrected chi connectivity index (χ1v) is 6.33. The molecule has 0 spiro atoms. The van der Waals surface area contributed by atoms with Gasteiger partial charge in [0, 0.05) is 5.69 Å². The summed E-state index contributed by atoms with van der Waals surface area (Å²) in [6, 6.07) is 5.04. The molecule has 106 valence electrons. The number of aromatic nitrogens is 3. The van der Waals surface area contributed by atoms with Crippen LogP contribution in [-0.2, 0) is 11.3 Å². The van der Waals surface area contributed by atoms with Gasteiger partial charge in [0.15, 0.2) is 0 Å². The van der Waals surface area contributed by atoms with Gasteiger partial charge in [-0.2, -0.15) is 0 Å². The van der Waals surface area contributed by atoms with Crippen molar-refractivity contribution in [1.29, 1.82) is 0 Å². The van der Waals surface area contributed by atoms with Crippen molar-refractivity contribution in [1.82, 2.24) is 14.8 Å². The topological polar surface area (TPSA) is 95.1 Å². The van der Waals surface area contributed by atoms with E-state index in [-0.39, 0.29) is 18.4 Å². The summed E-state index contributed by atoms with van der Waals surface area (Å²) in [5.74, 6) is 0.452. The third-order valence-corrected chi connectivity index (χ3v) is 2.67. The Morgan fingerprint density at radius 3 is 2.95 bits per heavy atom. The van der Waals surface area contributed by atoms with E-state index >= 15 is 0 Å². The largest absolute Gasteiger partial charge is 0.492 e. The number of carbonyl (C=O) groups excluding carboxylic acids is 1. The number of hydrogen-bond donors (Lipinski definition) is 2. The molecule has 0 saturated heterocycles. The van der Waals surface area contributed by atoms with E-state index in [1.807, 2.05) is 6.92 Å². The van der Waals surface area contributed by atoms with Crippen molar-refractivity contribution in [3.05, 3.63) is 29.5 Å². The Balaban J connectivity index is 1.99. The highest BCUT2D eigenvalue weighted by molar-refractivity contribution is 6.32. The zero-order chi connectivity index (χ0) is 14.5. The average molecular weight is 296 g/mol. The zero-order valence-electron chi connectivity index (χ0n) is 10.8. The second kappa shape index (κ2) is 6.25. The molecule has 0 unspecified atom stereocenters. The third-order valence-electron chi connectivity index (χ3n) is 2.38. The van der Waals surface area contributed by atoms with E-state index < -0.39 is 0 Å². The maximum atomic E-state index is 11.8. The van der Waals surface area contributed by atoms with Crippen LogP contribution in [0.25, 0.3) is 0 Å². The van der Waals surface area contributed by atoms with Gasteiger partial charge in [0.05, 0.1) is 11.6 Å². The minimum absolute atomic E-state index is 0.0228. The summed E-state index contributed by atoms with van der Waals surface area (Å²) in [5.41, 5.74) is 5.95. The molecule has 2 aromatic rings. The predicted molar refractivity (Wildman–Crippen MR) is 75.7 cm³/mol. The molecule has 0 aliphatic rings. The predicted octanol–water partition coefficient (Wildman–Crippen LogP) is 1.55. The number of benzene rings is 1. The molecule has 7 nitrogen and oxygen atoms in total. The summed E-state index contributed by atoms with van der Waals surface area (Å²) < 4.78 is 6.66. The van der Waals surface area contributed by atoms with E-state index in [1.165, 1.54) is 11.0 Å². The molecule has 0 radical (unpaired) electrons. The first-order valence-electron chi connectivity index (χ1n) is 5.95. The Kier molecular flexibility index (Phi) is 4.41. The van der Waals surface area contributed by atoms with E-state index in [0.717, 1.165) is 0 Å². The summed E-state index contributed by atoms with van der Waals surface area (Å²) in [6.07, 6.45) is 1.39. The molecule has 0 aliphatic carbocycles. The fourth-order valence-corrected chi connectivity index (χ4v) is 1.82. The summed E-state index contributed by atoms with van der Waals surface area (Å²) in [5, 5.41) is 6.97. The van der Waals surface area contributed by atoms with E-state index in [1.54, 1.807) is 18.2 Å². The Bertz CT molecular complexity index is 614. The fourth-order valence-electron chi connectivity index (χ4n) is 1.58. The lowest BCUT2D eigenvalue weighted by Crippen LogP contribution is -2.19. The average Bonchev–Trinajstić information content (AvgIpc) is 2.78. The van der Waals surface area contributed by atoms with E-state index in [2.05, 4.69) is 15.4 Å². The number of hydrogen-bond acceptors (Lipinski definition) is 5. The van der Waals surface area contributed by atoms with Gasteiger partial charge in [-0.3, -0.25) is 4.79 Å². The second-order valence-electron chi connectivity index (χ2n) is 3.93. The van der Waals surface area contributed by atoms with Gasteiger partial charge in [0.25, 0.3) is 0 Å². The summed E-state index contributed by atoms with van der Waals surface area (Å²) in [6.45, 7) is 2.42. The molecular formula is C12H14ClN5O2. The van der Waals surface area contributed by atoms with Gasteiger partial charge in [-0.25, -0.2) is 9.67 Å². The Hall–Kier alpha value is -2.28. The van der Waals surface area contributed by atoms with Crippen LogP contribution in [0.2, 0.25) is 5.02 Å². The number of nitrogens with two attached hydrogens (primary N) is 1. The SMILES string of the molecule is CCOc1ccc(NC(=O)Cn2cnc(N)n2)cc1Cl. The normalized spacial score (nSPS) is 10.3. The molecule has 1 amide bonds. The molecule has 20 heavy (non-hydrogen) atoms. The van der Waals surface area contributed by atoms with E-state index in [4.69, 9.17) is 22.1 Å². The van der Waals surface area contributed by atoms with Gasteiger partial charge >= 0.3 is 0 Å². The van der Waals surface area contributed by atoms with Crippen molar-refractivity contribution < 1.29 is 9.53 Å². The lowest BCUT2D eigenvalue weighted by Gasteiger charge is -2.09. The van der Waals surface area contributed by atoms with Crippen LogP contribution in [0.3, 0.4) is 0 Å². The van der Waals surface area contributed by atoms with E-state index in [9.17, 15) is 4.79 Å². The Morgan fingerprint density at radius 1 is 1.55 bits per heavy atom. The Morgan fingerprint density at radius 2 is 2.35 bits per heavy atom. The number of nitrogens with one attached hydrogen (secondary N) is 1. The number of halogens is 1. The van der Waals surface area contributed by atoms with Gasteiger partial charge < -0.3 is 15.8 Å². The second-order valence-corrected chi connectivity index (χ2v) is 4.33. The molecule has 1 aromatic carbocycles. The minimum Gasteiger partial charge on any atom is -0.492 e. The fraction of sp³-hybridized carbons (Fsp3) is 0.250. The van der Waals surface area contributed by atoms with Crippen LogP contribution in [-0.4, -0.2) is 27.3 Å². The van der Waals surface area contributed by atoms with Crippen molar-refractivity contribution in [2.75, 3.05) is 17.7 Å². The summed E-state index contributed by atoms with van der Waals surface area (Å²) >= 11 is 6.03. The van der Waals surface area contributed by atoms with E-state index in [0.29, 0.717) is 23.1 Å². The molecule has 0 fully saturated rings. The van der Waals surface area contributed by atoms with Crippen molar-refractivity contribution in [3.63, 3.8) is 0 Å². The van der Waals surface area contributed by atoms with Crippen LogP contribution in [0.4, 0.5) is 11.6 Å². The van der Waals surface area contributed by atoms with Crippen LogP contribution in [0.5, 0.6) is 5.75 Å². The number of ether oxygens (including phenoxy) is 1. The highest BCUT2D eigenvalue weighted by Gasteiger charge is 2.07. The monoisotopic (exact) mass is 295 g/mol. The number of anilines is 2. The quantitative estimate of drug-likeness (QED) is 0.872. The highest BCUT2D eigenvalue weighted by Crippen LogP contribution is 2.27. The van der Waals surface area contributed by atoms with Crippen molar-refractivity contribution in [3.8, 4) is 5.75 Å². The maximum absolute atomic E-state index is 11.8. The smallest absolute Gasteiger partial charge is 0.246 e. The molecule has 2 rings (SSSR count). The standard InChI is InChI=1S/C12H14ClN5O2/c1-2-20-10-4-3-8(5-9(10)13)16-11(19)6-18-7-15-12(14)17-18/h3-5,7H,2,6H2,1H3,(H2,14,17)(H,16,19). The van der Waals surface area contributed by atoms with Gasteiger partial charge in [0.1, 0.15) is 18.6 Å². The molecule has 1 heterocycles. The van der Waals surface area contributed by atoms with Gasteiger partial charge in [-0.05, 0) is 25.1 Å². The number of amides is 1. The third kappa shape index (κ3) is 3.61. The number of rotatable bonds is 5. The highest BCUT2D eigenvalue weighted by atomic mass is 35.5. The van der Waals surface area contributed by atoms with Crippen LogP contribution < -0.4 is 15.8 Å². The first-order chi connectivity index (χ1) is 9.58. The van der Waals surface area contributed by atoms with Gasteiger partial charge in [-0.15, -0.1) is 5.10 Å². The molecule has 0 aliphatic heterocycles. The van der Waals surface area contributed by atoms with Crippen molar-refractivity contribution >= 4 is 29.1 Å². The zero-order valence-corrected chi connectivity index (χ0v) is 11.6. The number of nitrogens with zero attached hydrogens (tertiary/aromatic N) is 3.